The molecule has 17 nitrogen and oxygen atoms in total. The van der Waals surface area contributed by atoms with Gasteiger partial charge >= 0.3 is 13.1 Å². The van der Waals surface area contributed by atoms with Crippen LogP contribution in [0.2, 0.25) is 0 Å². The van der Waals surface area contributed by atoms with Crippen LogP contribution in [0.1, 0.15) is 31.7 Å². The first-order valence-electron chi connectivity index (χ1n) is 12.9. The zero-order valence-corrected chi connectivity index (χ0v) is 25.9. The molecule has 6 heterocycles. The van der Waals surface area contributed by atoms with E-state index in [9.17, 15) is 13.9 Å². The highest BCUT2D eigenvalue weighted by Crippen LogP contribution is 2.64. The number of ether oxygens (including phenoxy) is 2. The lowest BCUT2D eigenvalue weighted by atomic mass is 10.0. The molecular weight excluding hydrogens is 644 g/mol. The van der Waals surface area contributed by atoms with Gasteiger partial charge in [0.15, 0.2) is 17.1 Å². The number of thiazole rings is 1. The predicted octanol–water partition coefficient (Wildman–Crippen LogP) is 2.49. The minimum atomic E-state index is -3.83. The summed E-state index contributed by atoms with van der Waals surface area (Å²) in [5.41, 5.74) is 13.1. The van der Waals surface area contributed by atoms with Gasteiger partial charge in [-0.2, -0.15) is 0 Å². The van der Waals surface area contributed by atoms with Gasteiger partial charge in [-0.1, -0.05) is 30.2 Å². The molecule has 4 aromatic heterocycles. The summed E-state index contributed by atoms with van der Waals surface area (Å²) in [6.07, 6.45) is 2.92. The van der Waals surface area contributed by atoms with Gasteiger partial charge < -0.3 is 34.9 Å². The van der Waals surface area contributed by atoms with Crippen LogP contribution in [0.3, 0.4) is 0 Å². The number of fused-ring (bicyclic) bond motifs is 2. The van der Waals surface area contributed by atoms with Crippen LogP contribution in [0.15, 0.2) is 35.7 Å². The van der Waals surface area contributed by atoms with E-state index >= 15 is 0 Å². The van der Waals surface area contributed by atoms with Crippen molar-refractivity contribution in [3.05, 3.63) is 40.5 Å². The number of imidazole rings is 1. The molecule has 0 bridgehead atoms. The Labute approximate surface area is 252 Å². The quantitative estimate of drug-likeness (QED) is 0.140. The molecule has 0 aliphatic carbocycles. The highest BCUT2D eigenvalue weighted by atomic mass is 32.7. The van der Waals surface area contributed by atoms with Crippen molar-refractivity contribution in [1.82, 2.24) is 34.1 Å². The molecule has 230 valence electrons. The van der Waals surface area contributed by atoms with E-state index in [2.05, 4.69) is 43.7 Å². The number of nitrogen functional groups attached to an aromatic ring is 2. The third-order valence-electron chi connectivity index (χ3n) is 7.28. The molecule has 0 saturated carbocycles. The van der Waals surface area contributed by atoms with Crippen molar-refractivity contribution in [3.8, 4) is 0 Å². The molecule has 0 amide bonds. The largest absolute Gasteiger partial charge is 0.382 e. The van der Waals surface area contributed by atoms with E-state index in [0.717, 1.165) is 11.3 Å². The molecule has 21 heteroatoms. The van der Waals surface area contributed by atoms with Gasteiger partial charge in [0, 0.05) is 11.2 Å². The summed E-state index contributed by atoms with van der Waals surface area (Å²) in [5, 5.41) is 0.0931. The summed E-state index contributed by atoms with van der Waals surface area (Å²) in [7, 11) is -3.24. The van der Waals surface area contributed by atoms with Crippen LogP contribution >= 0.6 is 38.4 Å². The number of rotatable bonds is 10. The first-order chi connectivity index (χ1) is 20.5. The summed E-state index contributed by atoms with van der Waals surface area (Å²) in [5.74, 6) is -0.376. The van der Waals surface area contributed by atoms with E-state index in [1.165, 1.54) is 17.2 Å². The standard InChI is InChI=1S/C22H27N9O8P2S2/c1-10(41(35,42)37-6-11-2-3-14(38-11)30-9-29-15-17(23)25-7-27-19(15)30)13-4-12(5-36-40(33)34)39-21(13)31-20-16(43-22(31)32)18(24)26-8-28-20/h7-9,11-14,21,40H,1-6H2,(H,33,34)(H,35,42)(H2,23,25,27)(H2,24,26,28)/t11-,12-,13-,14+,21+,41?/m0/s1. The number of thiol groups is 1. The van der Waals surface area contributed by atoms with Crippen LogP contribution < -0.4 is 16.3 Å². The fourth-order valence-electron chi connectivity index (χ4n) is 5.23. The molecule has 0 spiro atoms. The van der Waals surface area contributed by atoms with Crippen molar-refractivity contribution in [3.63, 3.8) is 0 Å². The molecule has 4 aromatic rings. The molecule has 0 aromatic carbocycles. The van der Waals surface area contributed by atoms with E-state index in [-0.39, 0.29) is 42.2 Å². The lowest BCUT2D eigenvalue weighted by Crippen LogP contribution is -2.25. The van der Waals surface area contributed by atoms with E-state index in [4.69, 9.17) is 34.9 Å². The molecule has 7 atom stereocenters. The average molecular weight is 672 g/mol. The van der Waals surface area contributed by atoms with Crippen molar-refractivity contribution in [2.24, 2.45) is 5.92 Å². The summed E-state index contributed by atoms with van der Waals surface area (Å²) in [4.78, 5) is 42.4. The summed E-state index contributed by atoms with van der Waals surface area (Å²) in [6, 6.07) is 0. The van der Waals surface area contributed by atoms with Crippen molar-refractivity contribution in [2.45, 2.75) is 43.9 Å². The molecule has 5 N–H and O–H groups in total. The Kier molecular flexibility index (Phi) is 8.45. The Hall–Kier alpha value is -2.73. The maximum atomic E-state index is 13.8. The third-order valence-corrected chi connectivity index (χ3v) is 11.3. The normalized spacial score (nSPS) is 26.2. The predicted molar refractivity (Wildman–Crippen MR) is 160 cm³/mol. The van der Waals surface area contributed by atoms with Gasteiger partial charge in [0.05, 0.1) is 31.7 Å². The molecular formula is C22H27N9O8P2S2. The molecule has 43 heavy (non-hydrogen) atoms. The van der Waals surface area contributed by atoms with E-state index in [0.29, 0.717) is 28.7 Å². The smallest absolute Gasteiger partial charge is 0.316 e. The summed E-state index contributed by atoms with van der Waals surface area (Å²) >= 11 is 5.20. The number of hydrogen-bond donors (Lipinski definition) is 4. The zero-order chi connectivity index (χ0) is 30.5. The van der Waals surface area contributed by atoms with Crippen LogP contribution in [0.25, 0.3) is 21.5 Å². The fourth-order valence-corrected chi connectivity index (χ4v) is 8.25. The Morgan fingerprint density at radius 2 is 1.88 bits per heavy atom. The van der Waals surface area contributed by atoms with Gasteiger partial charge in [-0.15, -0.1) is 0 Å². The maximum Gasteiger partial charge on any atom is 0.316 e. The lowest BCUT2D eigenvalue weighted by Gasteiger charge is -2.25. The van der Waals surface area contributed by atoms with Crippen molar-refractivity contribution < 1.29 is 32.5 Å². The van der Waals surface area contributed by atoms with Crippen molar-refractivity contribution in [1.29, 1.82) is 0 Å². The van der Waals surface area contributed by atoms with Crippen molar-refractivity contribution >= 4 is 71.6 Å². The average Bonchev–Trinajstić information content (AvgIpc) is 3.75. The fraction of sp³-hybridized carbons (Fsp3) is 0.455. The molecule has 2 aliphatic rings. The topological polar surface area (TPSA) is 235 Å². The number of nitrogens with two attached hydrogens (primary N) is 2. The molecule has 0 radical (unpaired) electrons. The highest BCUT2D eigenvalue weighted by Gasteiger charge is 2.45. The van der Waals surface area contributed by atoms with Gasteiger partial charge in [0.25, 0.3) is 6.57 Å². The van der Waals surface area contributed by atoms with Crippen LogP contribution in [0.4, 0.5) is 11.6 Å². The minimum Gasteiger partial charge on any atom is -0.382 e. The zero-order valence-electron chi connectivity index (χ0n) is 22.3. The number of aromatic nitrogens is 7. The second-order valence-corrected chi connectivity index (χ2v) is 15.1. The van der Waals surface area contributed by atoms with Crippen LogP contribution in [-0.2, 0) is 27.7 Å². The first kappa shape index (κ1) is 30.3. The monoisotopic (exact) mass is 671 g/mol. The number of anilines is 2. The first-order valence-corrected chi connectivity index (χ1v) is 17.8. The van der Waals surface area contributed by atoms with Crippen LogP contribution in [0.5, 0.6) is 0 Å². The van der Waals surface area contributed by atoms with Gasteiger partial charge in [-0.3, -0.25) is 23.1 Å². The van der Waals surface area contributed by atoms with Gasteiger partial charge in [0.1, 0.15) is 41.1 Å². The molecule has 2 unspecified atom stereocenters. The minimum absolute atomic E-state index is 0.0532. The SMILES string of the molecule is C=C([C@@H]1C[C@@H](CO[PH](=O)O)O[C@H]1n1c(=O)sc2c(N)ncnc21)P(=O)(S)OC[C@@H]1CC[C@H](n2cnc3c(N)ncnc32)O1. The van der Waals surface area contributed by atoms with Gasteiger partial charge in [0.2, 0.25) is 0 Å². The van der Waals surface area contributed by atoms with E-state index < -0.39 is 50.3 Å². The maximum absolute atomic E-state index is 13.8. The lowest BCUT2D eigenvalue weighted by molar-refractivity contribution is -0.0245. The Balaban J connectivity index is 1.18. The molecule has 2 saturated heterocycles. The van der Waals surface area contributed by atoms with Gasteiger partial charge in [-0.05, 0) is 19.3 Å². The Morgan fingerprint density at radius 3 is 2.65 bits per heavy atom. The summed E-state index contributed by atoms with van der Waals surface area (Å²) in [6.45, 7) is -0.0929. The number of hydrogen-bond acceptors (Lipinski definition) is 15. The Morgan fingerprint density at radius 1 is 1.14 bits per heavy atom. The van der Waals surface area contributed by atoms with E-state index in [1.54, 1.807) is 10.9 Å². The second-order valence-electron chi connectivity index (χ2n) is 9.90. The molecule has 2 aliphatic heterocycles. The van der Waals surface area contributed by atoms with Crippen molar-refractivity contribution in [2.75, 3.05) is 24.7 Å². The number of nitrogens with zero attached hydrogens (tertiary/aromatic N) is 7. The van der Waals surface area contributed by atoms with E-state index in [1.807, 2.05) is 0 Å². The highest BCUT2D eigenvalue weighted by molar-refractivity contribution is 8.47. The third kappa shape index (κ3) is 5.89. The van der Waals surface area contributed by atoms with Gasteiger partial charge in [-0.25, -0.2) is 24.9 Å². The van der Waals surface area contributed by atoms with Crippen LogP contribution in [0, 0.1) is 5.92 Å². The Bertz CT molecular complexity index is 1830. The molecule has 6 rings (SSSR count). The molecule has 2 fully saturated rings. The second kappa shape index (κ2) is 12.0. The summed E-state index contributed by atoms with van der Waals surface area (Å²) < 4.78 is 51.3. The van der Waals surface area contributed by atoms with Crippen LogP contribution in [-0.4, -0.2) is 64.4 Å².